The number of fused-ring (bicyclic) bond motifs is 1. The summed E-state index contributed by atoms with van der Waals surface area (Å²) in [7, 11) is -2.42. The van der Waals surface area contributed by atoms with Crippen molar-refractivity contribution in [2.24, 2.45) is 4.36 Å². The summed E-state index contributed by atoms with van der Waals surface area (Å²) in [4.78, 5) is 8.07. The van der Waals surface area contributed by atoms with E-state index in [-0.39, 0.29) is 12.4 Å². The van der Waals surface area contributed by atoms with E-state index in [4.69, 9.17) is 11.6 Å². The first-order valence-corrected chi connectivity index (χ1v) is 11.3. The Hall–Kier alpha value is -2.85. The van der Waals surface area contributed by atoms with Crippen molar-refractivity contribution < 1.29 is 17.5 Å². The monoisotopic (exact) mass is 451 g/mol. The van der Waals surface area contributed by atoms with Crippen molar-refractivity contribution in [3.05, 3.63) is 72.0 Å². The molecule has 0 aliphatic rings. The maximum atomic E-state index is 13.1. The van der Waals surface area contributed by atoms with E-state index < -0.39 is 21.0 Å². The molecule has 156 valence electrons. The maximum Gasteiger partial charge on any atom is 0.400 e. The third-order valence-electron chi connectivity index (χ3n) is 4.21. The average Bonchev–Trinajstić information content (AvgIpc) is 3.33. The van der Waals surface area contributed by atoms with E-state index >= 15 is 0 Å². The molecule has 7 nitrogen and oxygen atoms in total. The number of imidazole rings is 1. The van der Waals surface area contributed by atoms with Gasteiger partial charge in [0.1, 0.15) is 5.65 Å². The third kappa shape index (κ3) is 4.65. The van der Waals surface area contributed by atoms with Gasteiger partial charge < -0.3 is 8.92 Å². The van der Waals surface area contributed by atoms with Crippen LogP contribution in [0.15, 0.2) is 63.7 Å². The van der Waals surface area contributed by atoms with Crippen LogP contribution in [0.5, 0.6) is 0 Å². The smallest absolute Gasteiger partial charge is 0.331 e. The van der Waals surface area contributed by atoms with Crippen LogP contribution in [0.2, 0.25) is 0 Å². The fourth-order valence-corrected chi connectivity index (χ4v) is 4.22. The SMILES string of the molecule is CS(=O)(Cc1ccccc1)=NCc1cn2ccc(-c3noc(C(F)(F)Cl)n3)cc2n1. The lowest BCUT2D eigenvalue weighted by Crippen LogP contribution is -2.03. The van der Waals surface area contributed by atoms with E-state index in [0.717, 1.165) is 5.56 Å². The lowest BCUT2D eigenvalue weighted by molar-refractivity contribution is 0.0551. The number of pyridine rings is 1. The largest absolute Gasteiger partial charge is 0.400 e. The van der Waals surface area contributed by atoms with E-state index in [0.29, 0.717) is 22.7 Å². The molecule has 0 amide bonds. The number of alkyl halides is 3. The number of nitrogens with zero attached hydrogens (tertiary/aromatic N) is 5. The van der Waals surface area contributed by atoms with Crippen molar-refractivity contribution in [2.75, 3.05) is 6.26 Å². The molecule has 0 saturated carbocycles. The van der Waals surface area contributed by atoms with Gasteiger partial charge in [0.15, 0.2) is 0 Å². The maximum absolute atomic E-state index is 13.1. The van der Waals surface area contributed by atoms with Crippen LogP contribution in [0, 0.1) is 0 Å². The average molecular weight is 452 g/mol. The first-order valence-electron chi connectivity index (χ1n) is 8.78. The third-order valence-corrected chi connectivity index (χ3v) is 5.92. The quantitative estimate of drug-likeness (QED) is 0.404. The van der Waals surface area contributed by atoms with Gasteiger partial charge in [0.25, 0.3) is 0 Å². The molecule has 0 aliphatic carbocycles. The van der Waals surface area contributed by atoms with Crippen molar-refractivity contribution in [3.8, 4) is 11.4 Å². The van der Waals surface area contributed by atoms with Crippen LogP contribution in [0.3, 0.4) is 0 Å². The molecular formula is C19H16ClF2N5O2S. The van der Waals surface area contributed by atoms with Crippen LogP contribution in [-0.4, -0.2) is 30.0 Å². The Bertz CT molecular complexity index is 1310. The zero-order valence-corrected chi connectivity index (χ0v) is 17.3. The molecule has 1 aromatic carbocycles. The summed E-state index contributed by atoms with van der Waals surface area (Å²) in [6.45, 7) is 0.185. The topological polar surface area (TPSA) is 85.7 Å². The van der Waals surface area contributed by atoms with Crippen molar-refractivity contribution in [1.82, 2.24) is 19.5 Å². The molecule has 3 aromatic heterocycles. The summed E-state index contributed by atoms with van der Waals surface area (Å²) >= 11 is 4.90. The minimum atomic E-state index is -3.73. The van der Waals surface area contributed by atoms with Crippen LogP contribution in [-0.2, 0) is 27.4 Å². The molecular weight excluding hydrogens is 436 g/mol. The second kappa shape index (κ2) is 7.77. The van der Waals surface area contributed by atoms with Crippen molar-refractivity contribution >= 4 is 27.0 Å². The molecule has 1 unspecified atom stereocenters. The summed E-state index contributed by atoms with van der Waals surface area (Å²) in [5, 5.41) is -0.201. The lowest BCUT2D eigenvalue weighted by atomic mass is 10.2. The molecule has 0 saturated heterocycles. The van der Waals surface area contributed by atoms with Gasteiger partial charge in [-0.25, -0.2) is 13.6 Å². The number of benzene rings is 1. The van der Waals surface area contributed by atoms with E-state index in [1.807, 2.05) is 30.3 Å². The Morgan fingerprint density at radius 1 is 1.23 bits per heavy atom. The van der Waals surface area contributed by atoms with Crippen LogP contribution in [0.4, 0.5) is 8.78 Å². The van der Waals surface area contributed by atoms with E-state index in [1.165, 1.54) is 0 Å². The predicted octanol–water partition coefficient (Wildman–Crippen LogP) is 4.47. The fourth-order valence-electron chi connectivity index (χ4n) is 2.84. The minimum absolute atomic E-state index is 0.0264. The molecule has 4 rings (SSSR count). The zero-order chi connectivity index (χ0) is 21.4. The molecule has 0 aliphatic heterocycles. The lowest BCUT2D eigenvalue weighted by Gasteiger charge is -2.03. The molecule has 3 heterocycles. The highest BCUT2D eigenvalue weighted by molar-refractivity contribution is 7.92. The van der Waals surface area contributed by atoms with Gasteiger partial charge in [-0.05, 0) is 29.3 Å². The fraction of sp³-hybridized carbons (Fsp3) is 0.211. The summed E-state index contributed by atoms with van der Waals surface area (Å²) in [5.74, 6) is -0.643. The summed E-state index contributed by atoms with van der Waals surface area (Å²) < 4.78 is 49.5. The van der Waals surface area contributed by atoms with E-state index in [2.05, 4.69) is 24.0 Å². The first-order chi connectivity index (χ1) is 14.2. The van der Waals surface area contributed by atoms with Gasteiger partial charge in [-0.3, -0.25) is 0 Å². The van der Waals surface area contributed by atoms with Crippen LogP contribution in [0.1, 0.15) is 17.1 Å². The van der Waals surface area contributed by atoms with Crippen molar-refractivity contribution in [3.63, 3.8) is 0 Å². The number of rotatable bonds is 6. The van der Waals surface area contributed by atoms with Gasteiger partial charge in [0.05, 0.1) is 18.0 Å². The summed E-state index contributed by atoms with van der Waals surface area (Å²) in [6, 6.07) is 12.8. The minimum Gasteiger partial charge on any atom is -0.331 e. The Kier molecular flexibility index (Phi) is 5.29. The van der Waals surface area contributed by atoms with Crippen molar-refractivity contribution in [1.29, 1.82) is 0 Å². The van der Waals surface area contributed by atoms with Crippen LogP contribution < -0.4 is 0 Å². The molecule has 0 bridgehead atoms. The van der Waals surface area contributed by atoms with Gasteiger partial charge in [0, 0.05) is 33.9 Å². The Morgan fingerprint density at radius 3 is 2.70 bits per heavy atom. The van der Waals surface area contributed by atoms with E-state index in [9.17, 15) is 13.0 Å². The van der Waals surface area contributed by atoms with Gasteiger partial charge in [-0.1, -0.05) is 35.5 Å². The van der Waals surface area contributed by atoms with Crippen LogP contribution in [0.25, 0.3) is 17.0 Å². The molecule has 11 heteroatoms. The normalized spacial score (nSPS) is 14.0. The Labute approximate surface area is 175 Å². The number of aromatic nitrogens is 4. The Morgan fingerprint density at radius 2 is 2.00 bits per heavy atom. The van der Waals surface area contributed by atoms with E-state index in [1.54, 1.807) is 35.2 Å². The summed E-state index contributed by atoms with van der Waals surface area (Å²) in [5.41, 5.74) is 2.55. The molecule has 30 heavy (non-hydrogen) atoms. The Balaban J connectivity index is 1.55. The molecule has 0 fully saturated rings. The highest BCUT2D eigenvalue weighted by Gasteiger charge is 2.35. The summed E-state index contributed by atoms with van der Waals surface area (Å²) in [6.07, 6.45) is 5.06. The van der Waals surface area contributed by atoms with Gasteiger partial charge in [-0.2, -0.15) is 13.8 Å². The van der Waals surface area contributed by atoms with Crippen LogP contribution >= 0.6 is 11.6 Å². The molecule has 4 aromatic rings. The number of halogens is 3. The van der Waals surface area contributed by atoms with Gasteiger partial charge in [0.2, 0.25) is 5.82 Å². The van der Waals surface area contributed by atoms with Crippen molar-refractivity contribution in [2.45, 2.75) is 17.7 Å². The standard InChI is InChI=1S/C19H16ClF2N5O2S/c1-30(28,12-13-5-3-2-4-6-13)23-10-15-11-27-8-7-14(9-16(27)24-15)17-25-18(29-26-17)19(20,21)22/h2-9,11H,10,12H2,1H3. The predicted molar refractivity (Wildman–Crippen MR) is 109 cm³/mol. The molecule has 0 radical (unpaired) electrons. The van der Waals surface area contributed by atoms with Gasteiger partial charge >= 0.3 is 11.3 Å². The van der Waals surface area contributed by atoms with Gasteiger partial charge in [-0.15, -0.1) is 0 Å². The zero-order valence-electron chi connectivity index (χ0n) is 15.7. The number of hydrogen-bond acceptors (Lipinski definition) is 6. The highest BCUT2D eigenvalue weighted by atomic mass is 35.5. The molecule has 1 atom stereocenters. The first kappa shape index (κ1) is 20.4. The number of hydrogen-bond donors (Lipinski definition) is 0. The second-order valence-corrected chi connectivity index (χ2v) is 9.65. The molecule has 0 spiro atoms. The highest BCUT2D eigenvalue weighted by Crippen LogP contribution is 2.32. The second-order valence-electron chi connectivity index (χ2n) is 6.71. The molecule has 0 N–H and O–H groups in total.